The van der Waals surface area contributed by atoms with E-state index >= 15 is 4.39 Å². The van der Waals surface area contributed by atoms with Gasteiger partial charge in [-0.3, -0.25) is 9.89 Å². The van der Waals surface area contributed by atoms with Crippen molar-refractivity contribution in [2.75, 3.05) is 25.0 Å². The van der Waals surface area contributed by atoms with E-state index in [2.05, 4.69) is 50.3 Å². The van der Waals surface area contributed by atoms with Crippen LogP contribution in [-0.4, -0.2) is 56.2 Å². The van der Waals surface area contributed by atoms with Gasteiger partial charge in [0.15, 0.2) is 11.5 Å². The molecule has 0 bridgehead atoms. The molecular weight excluding hydrogens is 481 g/mol. The summed E-state index contributed by atoms with van der Waals surface area (Å²) in [5, 5.41) is 15.2. The quantitative estimate of drug-likeness (QED) is 0.374. The number of aromatic amines is 1. The Balaban J connectivity index is 1.14. The minimum absolute atomic E-state index is 0.0155. The summed E-state index contributed by atoms with van der Waals surface area (Å²) in [5.74, 6) is 0.403. The zero-order valence-corrected chi connectivity index (χ0v) is 21.8. The summed E-state index contributed by atoms with van der Waals surface area (Å²) in [7, 11) is 0. The number of rotatable bonds is 5. The molecule has 3 N–H and O–H groups in total. The van der Waals surface area contributed by atoms with Crippen LogP contribution in [0.15, 0.2) is 36.5 Å². The number of benzene rings is 1. The third-order valence-corrected chi connectivity index (χ3v) is 8.30. The number of H-pyrrole nitrogens is 1. The number of pyridine rings is 1. The Hall–Kier alpha value is -3.72. The summed E-state index contributed by atoms with van der Waals surface area (Å²) in [6, 6.07) is 9.54. The van der Waals surface area contributed by atoms with Gasteiger partial charge in [-0.05, 0) is 66.1 Å². The molecule has 38 heavy (non-hydrogen) atoms. The lowest BCUT2D eigenvalue weighted by molar-refractivity contribution is 0.0687. The normalized spacial score (nSPS) is 20.2. The first-order valence-electron chi connectivity index (χ1n) is 13.5. The molecule has 1 saturated heterocycles. The molecule has 5 heterocycles. The molecule has 1 fully saturated rings. The number of amides is 1. The van der Waals surface area contributed by atoms with Crippen LogP contribution in [0.4, 0.5) is 10.2 Å². The molecule has 1 aromatic carbocycles. The molecule has 3 aliphatic rings. The largest absolute Gasteiger partial charge is 0.364 e. The number of anilines is 1. The van der Waals surface area contributed by atoms with E-state index in [0.717, 1.165) is 66.9 Å². The van der Waals surface area contributed by atoms with Gasteiger partial charge in [-0.1, -0.05) is 26.0 Å². The molecule has 8 nitrogen and oxygen atoms in total. The van der Waals surface area contributed by atoms with E-state index in [0.29, 0.717) is 23.8 Å². The number of halogens is 1. The highest BCUT2D eigenvalue weighted by molar-refractivity contribution is 6.00. The predicted octanol–water partition coefficient (Wildman–Crippen LogP) is 4.12. The monoisotopic (exact) mass is 513 g/mol. The number of fused-ring (bicyclic) bond motifs is 4. The number of aromatic nitrogens is 4. The Morgan fingerprint density at radius 2 is 2.08 bits per heavy atom. The Bertz CT molecular complexity index is 1560. The minimum atomic E-state index is -0.316. The van der Waals surface area contributed by atoms with Crippen LogP contribution in [0.1, 0.15) is 47.6 Å². The fourth-order valence-electron chi connectivity index (χ4n) is 6.42. The molecule has 9 heteroatoms. The van der Waals surface area contributed by atoms with Crippen LogP contribution in [0.3, 0.4) is 0 Å². The van der Waals surface area contributed by atoms with Crippen LogP contribution >= 0.6 is 0 Å². The van der Waals surface area contributed by atoms with Crippen molar-refractivity contribution in [3.05, 3.63) is 64.9 Å². The highest BCUT2D eigenvalue weighted by Gasteiger charge is 2.36. The van der Waals surface area contributed by atoms with Gasteiger partial charge >= 0.3 is 0 Å². The van der Waals surface area contributed by atoms with Crippen molar-refractivity contribution in [1.29, 1.82) is 0 Å². The van der Waals surface area contributed by atoms with E-state index in [4.69, 9.17) is 0 Å². The van der Waals surface area contributed by atoms with Crippen molar-refractivity contribution >= 4 is 22.8 Å². The van der Waals surface area contributed by atoms with Crippen LogP contribution in [0.25, 0.3) is 22.2 Å². The molecule has 0 radical (unpaired) electrons. The maximum atomic E-state index is 15.5. The van der Waals surface area contributed by atoms with E-state index in [1.54, 1.807) is 23.2 Å². The van der Waals surface area contributed by atoms with Crippen molar-refractivity contribution < 1.29 is 9.18 Å². The molecule has 4 aromatic rings. The lowest BCUT2D eigenvalue weighted by Gasteiger charge is -2.30. The van der Waals surface area contributed by atoms with E-state index < -0.39 is 0 Å². The van der Waals surface area contributed by atoms with Gasteiger partial charge in [0.05, 0.1) is 5.39 Å². The van der Waals surface area contributed by atoms with Gasteiger partial charge in [0, 0.05) is 49.7 Å². The Morgan fingerprint density at radius 1 is 1.18 bits per heavy atom. The highest BCUT2D eigenvalue weighted by atomic mass is 19.1. The van der Waals surface area contributed by atoms with Crippen molar-refractivity contribution in [3.8, 4) is 11.1 Å². The number of hydrogen-bond donors (Lipinski definition) is 3. The van der Waals surface area contributed by atoms with Gasteiger partial charge in [-0.15, -0.1) is 0 Å². The van der Waals surface area contributed by atoms with E-state index in [9.17, 15) is 4.79 Å². The Kier molecular flexibility index (Phi) is 5.33. The average molecular weight is 514 g/mol. The van der Waals surface area contributed by atoms with Crippen LogP contribution in [-0.2, 0) is 25.9 Å². The molecule has 0 spiro atoms. The second kappa shape index (κ2) is 8.66. The summed E-state index contributed by atoms with van der Waals surface area (Å²) >= 11 is 0. The molecule has 0 saturated carbocycles. The van der Waals surface area contributed by atoms with Crippen molar-refractivity contribution in [3.63, 3.8) is 0 Å². The van der Waals surface area contributed by atoms with Gasteiger partial charge < -0.3 is 20.1 Å². The average Bonchev–Trinajstić information content (AvgIpc) is 3.67. The van der Waals surface area contributed by atoms with Gasteiger partial charge in [0.2, 0.25) is 0 Å². The number of nitrogens with one attached hydrogen (secondary N) is 3. The summed E-state index contributed by atoms with van der Waals surface area (Å²) < 4.78 is 17.7. The molecule has 2 aliphatic heterocycles. The first-order valence-corrected chi connectivity index (χ1v) is 13.5. The van der Waals surface area contributed by atoms with Gasteiger partial charge in [-0.25, -0.2) is 9.37 Å². The van der Waals surface area contributed by atoms with Gasteiger partial charge in [0.25, 0.3) is 5.91 Å². The summed E-state index contributed by atoms with van der Waals surface area (Å²) in [6.07, 6.45) is 4.73. The molecular formula is C29H32FN7O. The van der Waals surface area contributed by atoms with Gasteiger partial charge in [-0.2, -0.15) is 5.10 Å². The first-order chi connectivity index (χ1) is 18.4. The fraction of sp³-hybridized carbons (Fsp3) is 0.414. The van der Waals surface area contributed by atoms with E-state index in [-0.39, 0.29) is 23.7 Å². The molecule has 1 atom stereocenters. The van der Waals surface area contributed by atoms with Crippen molar-refractivity contribution in [1.82, 2.24) is 30.0 Å². The van der Waals surface area contributed by atoms with Gasteiger partial charge in [0.1, 0.15) is 11.5 Å². The SMILES string of the molecule is CC1(C)Cc2cc3n(c2C1)CCN(Cc1ccc(-c2ccnc4[nH]nc(N[C@@H]5CCNC5)c24)cc1F)C3=O. The van der Waals surface area contributed by atoms with Crippen molar-refractivity contribution in [2.45, 2.75) is 52.2 Å². The molecule has 1 aliphatic carbocycles. The van der Waals surface area contributed by atoms with Crippen LogP contribution in [0.2, 0.25) is 0 Å². The van der Waals surface area contributed by atoms with Crippen molar-refractivity contribution in [2.24, 2.45) is 5.41 Å². The third kappa shape index (κ3) is 3.88. The number of carbonyl (C=O) groups is 1. The second-order valence-electron chi connectivity index (χ2n) is 11.7. The first kappa shape index (κ1) is 23.4. The summed E-state index contributed by atoms with van der Waals surface area (Å²) in [4.78, 5) is 19.5. The number of hydrogen-bond acceptors (Lipinski definition) is 5. The van der Waals surface area contributed by atoms with Crippen LogP contribution in [0, 0.1) is 11.2 Å². The second-order valence-corrected chi connectivity index (χ2v) is 11.7. The number of carbonyl (C=O) groups excluding carboxylic acids is 1. The maximum Gasteiger partial charge on any atom is 0.270 e. The molecule has 7 rings (SSSR count). The molecule has 3 aromatic heterocycles. The van der Waals surface area contributed by atoms with Crippen LogP contribution < -0.4 is 10.6 Å². The number of nitrogens with zero attached hydrogens (tertiary/aromatic N) is 4. The van der Waals surface area contributed by atoms with Crippen LogP contribution in [0.5, 0.6) is 0 Å². The molecule has 0 unspecified atom stereocenters. The van der Waals surface area contributed by atoms with E-state index in [1.165, 1.54) is 11.3 Å². The maximum absolute atomic E-state index is 15.5. The highest BCUT2D eigenvalue weighted by Crippen LogP contribution is 2.39. The smallest absolute Gasteiger partial charge is 0.270 e. The Morgan fingerprint density at radius 3 is 2.89 bits per heavy atom. The topological polar surface area (TPSA) is 90.9 Å². The Labute approximate surface area is 220 Å². The standard InChI is InChI=1S/C29H32FN7O/c1-29(2)13-19-12-23-28(38)36(9-10-37(23)24(19)14-29)16-18-4-3-17(11-22(18)30)21-6-8-32-26-25(21)27(35-34-26)33-20-5-7-31-15-20/h3-4,6,8,11-12,20,31H,5,7,9-10,13-16H2,1-2H3,(H2,32,33,34,35)/t20-/m1/s1. The molecule has 196 valence electrons. The molecule has 1 amide bonds. The third-order valence-electron chi connectivity index (χ3n) is 8.30. The lowest BCUT2D eigenvalue weighted by atomic mass is 9.90. The summed E-state index contributed by atoms with van der Waals surface area (Å²) in [5.41, 5.74) is 6.38. The van der Waals surface area contributed by atoms with E-state index in [1.807, 2.05) is 12.1 Å². The zero-order chi connectivity index (χ0) is 26.0. The summed E-state index contributed by atoms with van der Waals surface area (Å²) in [6.45, 7) is 8.00. The predicted molar refractivity (Wildman–Crippen MR) is 145 cm³/mol. The zero-order valence-electron chi connectivity index (χ0n) is 21.8. The minimum Gasteiger partial charge on any atom is -0.364 e. The lowest BCUT2D eigenvalue weighted by Crippen LogP contribution is -2.40. The fourth-order valence-corrected chi connectivity index (χ4v) is 6.42.